The van der Waals surface area contributed by atoms with Gasteiger partial charge in [-0.1, -0.05) is 0 Å². The highest BCUT2D eigenvalue weighted by Gasteiger charge is 2.40. The number of non-ortho nitro benzene ring substituents is 2. The minimum absolute atomic E-state index is 0.0947. The van der Waals surface area contributed by atoms with Crippen molar-refractivity contribution < 1.29 is 24.4 Å². The van der Waals surface area contributed by atoms with Gasteiger partial charge in [0.15, 0.2) is 5.78 Å². The molecular formula is C19H14N4O8. The minimum Gasteiger partial charge on any atom is -0.339 e. The molecule has 0 unspecified atom stereocenters. The Hall–Kier alpha value is -4.22. The van der Waals surface area contributed by atoms with E-state index in [9.17, 15) is 39.9 Å². The highest BCUT2D eigenvalue weighted by atomic mass is 16.6. The van der Waals surface area contributed by atoms with Crippen LogP contribution >= 0.6 is 0 Å². The third-order valence-electron chi connectivity index (χ3n) is 5.46. The predicted molar refractivity (Wildman–Crippen MR) is 105 cm³/mol. The highest BCUT2D eigenvalue weighted by Crippen LogP contribution is 2.47. The average Bonchev–Trinajstić information content (AvgIpc) is 3.04. The van der Waals surface area contributed by atoms with E-state index in [1.165, 1.54) is 4.90 Å². The third-order valence-corrected chi connectivity index (χ3v) is 5.46. The number of hydrogen-bond acceptors (Lipinski definition) is 8. The second-order valence-corrected chi connectivity index (χ2v) is 7.26. The first-order valence-corrected chi connectivity index (χ1v) is 9.34. The summed E-state index contributed by atoms with van der Waals surface area (Å²) in [4.78, 5) is 59.5. The van der Waals surface area contributed by atoms with Gasteiger partial charge in [0.1, 0.15) is 0 Å². The maximum absolute atomic E-state index is 13.2. The van der Waals surface area contributed by atoms with Crippen LogP contribution in [0.4, 0.5) is 17.1 Å². The van der Waals surface area contributed by atoms with Crippen LogP contribution in [0.3, 0.4) is 0 Å². The Kier molecular flexibility index (Phi) is 4.68. The van der Waals surface area contributed by atoms with Crippen molar-refractivity contribution in [1.82, 2.24) is 4.90 Å². The van der Waals surface area contributed by atoms with Crippen molar-refractivity contribution in [3.05, 3.63) is 71.3 Å². The van der Waals surface area contributed by atoms with E-state index in [1.807, 2.05) is 0 Å². The van der Waals surface area contributed by atoms with Gasteiger partial charge in [-0.25, -0.2) is 0 Å². The molecule has 0 aromatic heterocycles. The molecule has 1 fully saturated rings. The first kappa shape index (κ1) is 20.1. The summed E-state index contributed by atoms with van der Waals surface area (Å²) >= 11 is 0. The summed E-state index contributed by atoms with van der Waals surface area (Å²) in [7, 11) is 0. The molecule has 0 N–H and O–H groups in total. The van der Waals surface area contributed by atoms with Gasteiger partial charge in [-0.05, 0) is 19.3 Å². The van der Waals surface area contributed by atoms with Gasteiger partial charge in [-0.15, -0.1) is 0 Å². The lowest BCUT2D eigenvalue weighted by molar-refractivity contribution is -0.393. The van der Waals surface area contributed by atoms with Gasteiger partial charge >= 0.3 is 0 Å². The van der Waals surface area contributed by atoms with Gasteiger partial charge < -0.3 is 4.90 Å². The molecule has 0 saturated carbocycles. The van der Waals surface area contributed by atoms with Gasteiger partial charge in [-0.2, -0.15) is 0 Å². The number of nitro benzene ring substituents is 3. The van der Waals surface area contributed by atoms with Crippen LogP contribution in [0.25, 0.3) is 11.1 Å². The molecule has 0 bridgehead atoms. The van der Waals surface area contributed by atoms with Crippen molar-refractivity contribution in [2.45, 2.75) is 19.3 Å². The predicted octanol–water partition coefficient (Wildman–Crippen LogP) is 3.25. The number of rotatable bonds is 4. The molecule has 0 atom stereocenters. The smallest absolute Gasteiger partial charge is 0.284 e. The van der Waals surface area contributed by atoms with Gasteiger partial charge in [0, 0.05) is 48.0 Å². The average molecular weight is 426 g/mol. The number of nitrogens with zero attached hydrogens (tertiary/aromatic N) is 4. The number of hydrogen-bond donors (Lipinski definition) is 0. The Morgan fingerprint density at radius 1 is 0.774 bits per heavy atom. The van der Waals surface area contributed by atoms with Crippen LogP contribution < -0.4 is 0 Å². The summed E-state index contributed by atoms with van der Waals surface area (Å²) in [6.07, 6.45) is 2.41. The first-order valence-electron chi connectivity index (χ1n) is 9.34. The van der Waals surface area contributed by atoms with Crippen LogP contribution in [0.15, 0.2) is 24.3 Å². The van der Waals surface area contributed by atoms with Crippen LogP contribution in [-0.2, 0) is 0 Å². The van der Waals surface area contributed by atoms with E-state index in [0.717, 1.165) is 43.5 Å². The fourth-order valence-corrected chi connectivity index (χ4v) is 4.06. The Morgan fingerprint density at radius 2 is 1.32 bits per heavy atom. The van der Waals surface area contributed by atoms with Crippen LogP contribution in [0.2, 0.25) is 0 Å². The standard InChI is InChI=1S/C19H14N4O8/c24-18-12-6-10(21(26)27)8-14(19(25)20-4-2-1-3-5-20)16(12)17-13(18)7-11(22(28)29)9-15(17)23(30)31/h6-9H,1-5H2. The molecule has 1 aliphatic carbocycles. The van der Waals surface area contributed by atoms with Gasteiger partial charge in [-0.3, -0.25) is 39.9 Å². The fraction of sp³-hybridized carbons (Fsp3) is 0.263. The molecule has 4 rings (SSSR count). The van der Waals surface area contributed by atoms with Crippen molar-refractivity contribution in [3.63, 3.8) is 0 Å². The van der Waals surface area contributed by atoms with E-state index < -0.39 is 43.5 Å². The number of piperidine rings is 1. The Morgan fingerprint density at radius 3 is 1.87 bits per heavy atom. The topological polar surface area (TPSA) is 167 Å². The van der Waals surface area contributed by atoms with E-state index in [4.69, 9.17) is 0 Å². The van der Waals surface area contributed by atoms with E-state index >= 15 is 0 Å². The number of carbonyl (C=O) groups is 2. The monoisotopic (exact) mass is 426 g/mol. The van der Waals surface area contributed by atoms with E-state index in [0.29, 0.717) is 13.1 Å². The van der Waals surface area contributed by atoms with Crippen LogP contribution in [0.5, 0.6) is 0 Å². The van der Waals surface area contributed by atoms with Crippen LogP contribution in [0.1, 0.15) is 45.5 Å². The summed E-state index contributed by atoms with van der Waals surface area (Å²) in [6.45, 7) is 0.832. The third kappa shape index (κ3) is 3.17. The van der Waals surface area contributed by atoms with E-state index in [1.54, 1.807) is 0 Å². The molecule has 0 radical (unpaired) electrons. The molecule has 1 amide bonds. The molecule has 12 heteroatoms. The second kappa shape index (κ2) is 7.23. The molecule has 1 saturated heterocycles. The fourth-order valence-electron chi connectivity index (χ4n) is 4.06. The molecule has 2 aliphatic rings. The molecule has 1 aliphatic heterocycles. The van der Waals surface area contributed by atoms with Crippen LogP contribution in [0, 0.1) is 30.3 Å². The normalized spacial score (nSPS) is 14.7. The van der Waals surface area contributed by atoms with Gasteiger partial charge in [0.25, 0.3) is 23.0 Å². The van der Waals surface area contributed by atoms with Crippen molar-refractivity contribution in [1.29, 1.82) is 0 Å². The lowest BCUT2D eigenvalue weighted by Crippen LogP contribution is -2.36. The molecule has 2 aromatic carbocycles. The Bertz CT molecular complexity index is 1200. The quantitative estimate of drug-likeness (QED) is 0.452. The Balaban J connectivity index is 2.03. The number of fused-ring (bicyclic) bond motifs is 3. The Labute approximate surface area is 173 Å². The van der Waals surface area contributed by atoms with E-state index in [2.05, 4.69) is 0 Å². The molecule has 31 heavy (non-hydrogen) atoms. The molecule has 1 heterocycles. The molecular weight excluding hydrogens is 412 g/mol. The second-order valence-electron chi connectivity index (χ2n) is 7.26. The van der Waals surface area contributed by atoms with Crippen LogP contribution in [-0.4, -0.2) is 44.4 Å². The molecule has 2 aromatic rings. The number of benzene rings is 2. The summed E-state index contributed by atoms with van der Waals surface area (Å²) < 4.78 is 0. The van der Waals surface area contributed by atoms with Gasteiger partial charge in [0.05, 0.1) is 32.0 Å². The maximum Gasteiger partial charge on any atom is 0.284 e. The zero-order valence-electron chi connectivity index (χ0n) is 15.9. The first-order chi connectivity index (χ1) is 14.7. The summed E-state index contributed by atoms with van der Waals surface area (Å²) in [6, 6.07) is 3.56. The number of amides is 1. The molecule has 0 spiro atoms. The van der Waals surface area contributed by atoms with Crippen molar-refractivity contribution >= 4 is 28.8 Å². The summed E-state index contributed by atoms with van der Waals surface area (Å²) in [5.41, 5.74) is -3.00. The van der Waals surface area contributed by atoms with Crippen molar-refractivity contribution in [2.24, 2.45) is 0 Å². The SMILES string of the molecule is O=C1c2cc([N+](=O)[O-])cc(C(=O)N3CCCCC3)c2-c2c1cc([N+](=O)[O-])cc2[N+](=O)[O-]. The van der Waals surface area contributed by atoms with Crippen molar-refractivity contribution in [3.8, 4) is 11.1 Å². The zero-order valence-corrected chi connectivity index (χ0v) is 15.9. The summed E-state index contributed by atoms with van der Waals surface area (Å²) in [5, 5.41) is 34.3. The van der Waals surface area contributed by atoms with E-state index in [-0.39, 0.29) is 27.8 Å². The maximum atomic E-state index is 13.2. The largest absolute Gasteiger partial charge is 0.339 e. The number of ketones is 1. The lowest BCUT2D eigenvalue weighted by Gasteiger charge is -2.27. The summed E-state index contributed by atoms with van der Waals surface area (Å²) in [5.74, 6) is -1.42. The number of carbonyl (C=O) groups excluding carboxylic acids is 2. The molecule has 12 nitrogen and oxygen atoms in total. The number of likely N-dealkylation sites (tertiary alicyclic amines) is 1. The van der Waals surface area contributed by atoms with Gasteiger partial charge in [0.2, 0.25) is 0 Å². The minimum atomic E-state index is -0.870. The zero-order chi connectivity index (χ0) is 22.4. The van der Waals surface area contributed by atoms with Crippen molar-refractivity contribution in [2.75, 3.05) is 13.1 Å². The lowest BCUT2D eigenvalue weighted by atomic mass is 9.95. The highest BCUT2D eigenvalue weighted by molar-refractivity contribution is 6.26. The molecule has 158 valence electrons. The number of nitro groups is 3.